The Morgan fingerprint density at radius 2 is 2.15 bits per heavy atom. The first-order valence-electron chi connectivity index (χ1n) is 7.79. The van der Waals surface area contributed by atoms with Crippen molar-refractivity contribution in [1.29, 1.82) is 0 Å². The summed E-state index contributed by atoms with van der Waals surface area (Å²) >= 11 is 6.22. The Morgan fingerprint density at radius 1 is 1.35 bits per heavy atom. The Bertz CT molecular complexity index is 445. The summed E-state index contributed by atoms with van der Waals surface area (Å²) in [5.74, 6) is 1.74. The zero-order chi connectivity index (χ0) is 14.5. The molecule has 0 aromatic heterocycles. The van der Waals surface area contributed by atoms with Gasteiger partial charge in [0.05, 0.1) is 6.61 Å². The smallest absolute Gasteiger partial charge is 0.125 e. The van der Waals surface area contributed by atoms with Crippen LogP contribution in [0, 0.1) is 5.92 Å². The summed E-state index contributed by atoms with van der Waals surface area (Å²) in [6, 6.07) is 4.68. The molecule has 0 amide bonds. The lowest BCUT2D eigenvalue weighted by molar-refractivity contribution is 0.348. The van der Waals surface area contributed by atoms with Crippen molar-refractivity contribution in [3.8, 4) is 5.75 Å². The van der Waals surface area contributed by atoms with E-state index >= 15 is 0 Å². The van der Waals surface area contributed by atoms with Crippen LogP contribution < -0.4 is 10.1 Å². The first-order valence-corrected chi connectivity index (χ1v) is 8.17. The zero-order valence-corrected chi connectivity index (χ0v) is 13.6. The predicted molar refractivity (Wildman–Crippen MR) is 85.9 cm³/mol. The maximum Gasteiger partial charge on any atom is 0.125 e. The summed E-state index contributed by atoms with van der Waals surface area (Å²) in [5.41, 5.74) is 2.55. The lowest BCUT2D eigenvalue weighted by atomic mass is 9.95. The van der Waals surface area contributed by atoms with Crippen LogP contribution >= 0.6 is 11.6 Å². The van der Waals surface area contributed by atoms with Crippen molar-refractivity contribution in [2.24, 2.45) is 5.92 Å². The van der Waals surface area contributed by atoms with Crippen molar-refractivity contribution in [3.05, 3.63) is 28.3 Å². The van der Waals surface area contributed by atoms with E-state index in [2.05, 4.69) is 32.2 Å². The predicted octanol–water partition coefficient (Wildman–Crippen LogP) is 4.23. The van der Waals surface area contributed by atoms with E-state index in [1.54, 1.807) is 0 Å². The summed E-state index contributed by atoms with van der Waals surface area (Å²) in [6.07, 6.45) is 4.33. The standard InChI is InChI=1S/C17H26ClNO/c1-4-8-19-16(12(2)3)6-5-13-10-15(18)11-14-7-9-20-17(13)14/h10-12,16,19H,4-9H2,1-3H3. The number of rotatable bonds is 7. The van der Waals surface area contributed by atoms with Crippen molar-refractivity contribution in [2.45, 2.75) is 52.5 Å². The van der Waals surface area contributed by atoms with E-state index in [-0.39, 0.29) is 0 Å². The summed E-state index contributed by atoms with van der Waals surface area (Å²) < 4.78 is 5.78. The van der Waals surface area contributed by atoms with Crippen molar-refractivity contribution >= 4 is 11.6 Å². The molecule has 1 N–H and O–H groups in total. The topological polar surface area (TPSA) is 21.3 Å². The van der Waals surface area contributed by atoms with Crippen LogP contribution in [-0.2, 0) is 12.8 Å². The first kappa shape index (κ1) is 15.7. The number of aryl methyl sites for hydroxylation is 1. The molecule has 2 nitrogen and oxygen atoms in total. The molecule has 0 saturated carbocycles. The third-order valence-corrected chi connectivity index (χ3v) is 4.23. The van der Waals surface area contributed by atoms with Gasteiger partial charge in [0, 0.05) is 17.5 Å². The fourth-order valence-corrected chi connectivity index (χ4v) is 3.11. The van der Waals surface area contributed by atoms with Gasteiger partial charge in [-0.15, -0.1) is 0 Å². The van der Waals surface area contributed by atoms with Crippen LogP contribution in [-0.4, -0.2) is 19.2 Å². The molecule has 20 heavy (non-hydrogen) atoms. The highest BCUT2D eigenvalue weighted by molar-refractivity contribution is 6.30. The molecule has 0 bridgehead atoms. The molecule has 3 heteroatoms. The monoisotopic (exact) mass is 295 g/mol. The number of halogens is 1. The van der Waals surface area contributed by atoms with E-state index in [0.29, 0.717) is 12.0 Å². The SMILES string of the molecule is CCCNC(CCc1cc(Cl)cc2c1OCC2)C(C)C. The molecule has 1 aliphatic heterocycles. The Balaban J connectivity index is 2.02. The van der Waals surface area contributed by atoms with E-state index in [1.807, 2.05) is 6.07 Å². The second-order valence-corrected chi connectivity index (χ2v) is 6.43. The fraction of sp³-hybridized carbons (Fsp3) is 0.647. The Hall–Kier alpha value is -0.730. The maximum absolute atomic E-state index is 6.22. The van der Waals surface area contributed by atoms with Crippen molar-refractivity contribution in [1.82, 2.24) is 5.32 Å². The van der Waals surface area contributed by atoms with Crippen LogP contribution in [0.1, 0.15) is 44.7 Å². The molecule has 1 aromatic rings. The molecule has 0 radical (unpaired) electrons. The second kappa shape index (κ2) is 7.33. The third kappa shape index (κ3) is 3.89. The number of hydrogen-bond donors (Lipinski definition) is 1. The fourth-order valence-electron chi connectivity index (χ4n) is 2.84. The molecule has 0 spiro atoms. The zero-order valence-electron chi connectivity index (χ0n) is 12.8. The molecule has 112 valence electrons. The first-order chi connectivity index (χ1) is 9.61. The summed E-state index contributed by atoms with van der Waals surface area (Å²) in [5, 5.41) is 4.49. The molecule has 0 aliphatic carbocycles. The number of hydrogen-bond acceptors (Lipinski definition) is 2. The lowest BCUT2D eigenvalue weighted by Crippen LogP contribution is -2.34. The molecule has 2 rings (SSSR count). The van der Waals surface area contributed by atoms with Gasteiger partial charge in [0.2, 0.25) is 0 Å². The average molecular weight is 296 g/mol. The van der Waals surface area contributed by atoms with Gasteiger partial charge >= 0.3 is 0 Å². The van der Waals surface area contributed by atoms with Crippen LogP contribution in [0.25, 0.3) is 0 Å². The summed E-state index contributed by atoms with van der Waals surface area (Å²) in [6.45, 7) is 8.66. The minimum absolute atomic E-state index is 0.561. The van der Waals surface area contributed by atoms with Crippen LogP contribution in [0.3, 0.4) is 0 Å². The van der Waals surface area contributed by atoms with E-state index in [4.69, 9.17) is 16.3 Å². The van der Waals surface area contributed by atoms with Gasteiger partial charge in [-0.1, -0.05) is 32.4 Å². The van der Waals surface area contributed by atoms with Crippen molar-refractivity contribution in [2.75, 3.05) is 13.2 Å². The highest BCUT2D eigenvalue weighted by atomic mass is 35.5. The van der Waals surface area contributed by atoms with Crippen molar-refractivity contribution in [3.63, 3.8) is 0 Å². The van der Waals surface area contributed by atoms with Gasteiger partial charge in [-0.3, -0.25) is 0 Å². The molecule has 1 atom stereocenters. The lowest BCUT2D eigenvalue weighted by Gasteiger charge is -2.22. The van der Waals surface area contributed by atoms with Crippen LogP contribution in [0.15, 0.2) is 12.1 Å². The van der Waals surface area contributed by atoms with E-state index in [9.17, 15) is 0 Å². The molecule has 1 unspecified atom stereocenters. The van der Waals surface area contributed by atoms with Gasteiger partial charge in [0.25, 0.3) is 0 Å². The molecular weight excluding hydrogens is 270 g/mol. The molecule has 0 fully saturated rings. The van der Waals surface area contributed by atoms with Gasteiger partial charge in [0.15, 0.2) is 0 Å². The van der Waals surface area contributed by atoms with Crippen LogP contribution in [0.2, 0.25) is 5.02 Å². The van der Waals surface area contributed by atoms with Gasteiger partial charge < -0.3 is 10.1 Å². The number of ether oxygens (including phenoxy) is 1. The maximum atomic E-state index is 6.22. The van der Waals surface area contributed by atoms with E-state index in [1.165, 1.54) is 17.5 Å². The van der Waals surface area contributed by atoms with Gasteiger partial charge in [-0.25, -0.2) is 0 Å². The minimum Gasteiger partial charge on any atom is -0.493 e. The van der Waals surface area contributed by atoms with Gasteiger partial charge in [-0.2, -0.15) is 0 Å². The van der Waals surface area contributed by atoms with Gasteiger partial charge in [0.1, 0.15) is 5.75 Å². The summed E-state index contributed by atoms with van der Waals surface area (Å²) in [7, 11) is 0. The Kier molecular flexibility index (Phi) is 5.74. The average Bonchev–Trinajstić information content (AvgIpc) is 2.86. The van der Waals surface area contributed by atoms with E-state index in [0.717, 1.165) is 43.2 Å². The highest BCUT2D eigenvalue weighted by Gasteiger charge is 2.19. The molecule has 1 aromatic carbocycles. The number of benzene rings is 1. The quantitative estimate of drug-likeness (QED) is 0.813. The number of nitrogens with one attached hydrogen (secondary N) is 1. The highest BCUT2D eigenvalue weighted by Crippen LogP contribution is 2.33. The second-order valence-electron chi connectivity index (χ2n) is 5.99. The third-order valence-electron chi connectivity index (χ3n) is 4.01. The molecular formula is C17H26ClNO. The van der Waals surface area contributed by atoms with Crippen molar-refractivity contribution < 1.29 is 4.74 Å². The molecule has 0 saturated heterocycles. The normalized spacial score (nSPS) is 15.2. The Labute approximate surface area is 127 Å². The largest absolute Gasteiger partial charge is 0.493 e. The van der Waals surface area contributed by atoms with E-state index < -0.39 is 0 Å². The molecule has 1 aliphatic rings. The number of fused-ring (bicyclic) bond motifs is 1. The van der Waals surface area contributed by atoms with Gasteiger partial charge in [-0.05, 0) is 55.0 Å². The molecule has 1 heterocycles. The summed E-state index contributed by atoms with van der Waals surface area (Å²) in [4.78, 5) is 0. The van der Waals surface area contributed by atoms with Crippen LogP contribution in [0.4, 0.5) is 0 Å². The minimum atomic E-state index is 0.561. The van der Waals surface area contributed by atoms with Crippen LogP contribution in [0.5, 0.6) is 5.75 Å². The Morgan fingerprint density at radius 3 is 2.85 bits per heavy atom.